The zero-order valence-corrected chi connectivity index (χ0v) is 35.3. The Bertz CT molecular complexity index is 2650. The van der Waals surface area contributed by atoms with Crippen LogP contribution in [0.2, 0.25) is 0 Å². The molecular formula is C44H52F2N12O4. The molecule has 62 heavy (non-hydrogen) atoms. The summed E-state index contributed by atoms with van der Waals surface area (Å²) in [7, 11) is 1.68. The summed E-state index contributed by atoms with van der Waals surface area (Å²) >= 11 is 0. The molecule has 1 unspecified atom stereocenters. The Kier molecular flexibility index (Phi) is 11.2. The lowest BCUT2D eigenvalue weighted by Crippen LogP contribution is -2.48. The monoisotopic (exact) mass is 850 g/mol. The van der Waals surface area contributed by atoms with Crippen LogP contribution in [0.1, 0.15) is 105 Å². The highest BCUT2D eigenvalue weighted by Crippen LogP contribution is 2.36. The van der Waals surface area contributed by atoms with E-state index in [1.165, 1.54) is 19.8 Å². The van der Waals surface area contributed by atoms with Gasteiger partial charge in [0.05, 0.1) is 41.1 Å². The number of hydrogen-bond acceptors (Lipinski definition) is 10. The molecular weight excluding hydrogens is 799 g/mol. The van der Waals surface area contributed by atoms with Gasteiger partial charge >= 0.3 is 5.69 Å². The average molecular weight is 851 g/mol. The molecule has 5 aromatic rings. The standard InChI is InChI=1S/C44H52F2N12O4/c1-44(2)17-6-19-55(44)35-16-20-56-40(49-35)31(25-47-56)41(60)48-32-27-57(51-37(32)39(45)46)30-12-10-28(11-13-30)26-54-23-21-53(22-24-54)18-5-8-29-7-4-9-33-38(29)52(3)43(62)58(33)34-14-15-36(59)50-42(34)61/h4,7,9,16,20,25,27-28,30,34,39H,6,10-15,17-19,21-24,26H2,1-3H3,(H,48,60)(H,50,59,61)/t28-,30-,34?. The van der Waals surface area contributed by atoms with E-state index in [9.17, 15) is 28.0 Å². The Morgan fingerprint density at radius 1 is 1.02 bits per heavy atom. The number of rotatable bonds is 9. The van der Waals surface area contributed by atoms with Crippen molar-refractivity contribution in [1.82, 2.24) is 48.6 Å². The number of hydrogen-bond donors (Lipinski definition) is 2. The average Bonchev–Trinajstić information content (AvgIpc) is 4.02. The molecule has 1 atom stereocenters. The highest BCUT2D eigenvalue weighted by Gasteiger charge is 2.35. The first-order valence-electron chi connectivity index (χ1n) is 21.6. The quantitative estimate of drug-likeness (QED) is 0.160. The highest BCUT2D eigenvalue weighted by atomic mass is 19.3. The third-order valence-corrected chi connectivity index (χ3v) is 13.3. The molecule has 2 N–H and O–H groups in total. The number of carbonyl (C=O) groups excluding carboxylic acids is 3. The number of aromatic nitrogens is 7. The summed E-state index contributed by atoms with van der Waals surface area (Å²) in [6, 6.07) is 6.61. The maximum Gasteiger partial charge on any atom is 0.329 e. The molecule has 326 valence electrons. The second-order valence-corrected chi connectivity index (χ2v) is 17.7. The normalized spacial score (nSPS) is 22.4. The molecule has 4 fully saturated rings. The lowest BCUT2D eigenvalue weighted by atomic mass is 9.85. The van der Waals surface area contributed by atoms with Crippen LogP contribution in [0.25, 0.3) is 16.7 Å². The maximum absolute atomic E-state index is 14.3. The number of piperazine rings is 1. The predicted octanol–water partition coefficient (Wildman–Crippen LogP) is 4.53. The van der Waals surface area contributed by atoms with Crippen LogP contribution in [0.15, 0.2) is 47.7 Å². The second-order valence-electron chi connectivity index (χ2n) is 17.7. The van der Waals surface area contributed by atoms with Crippen LogP contribution < -0.4 is 21.2 Å². The summed E-state index contributed by atoms with van der Waals surface area (Å²) < 4.78 is 34.7. The van der Waals surface area contributed by atoms with Gasteiger partial charge in [-0.3, -0.25) is 38.4 Å². The molecule has 1 aromatic carbocycles. The van der Waals surface area contributed by atoms with Crippen molar-refractivity contribution in [2.45, 2.75) is 89.3 Å². The van der Waals surface area contributed by atoms with Gasteiger partial charge in [0.15, 0.2) is 11.3 Å². The molecule has 3 aliphatic heterocycles. The van der Waals surface area contributed by atoms with Crippen molar-refractivity contribution in [3.8, 4) is 11.8 Å². The molecule has 16 nitrogen and oxygen atoms in total. The number of aryl methyl sites for hydroxylation is 1. The number of imide groups is 1. The Morgan fingerprint density at radius 3 is 2.52 bits per heavy atom. The van der Waals surface area contributed by atoms with Crippen molar-refractivity contribution in [2.75, 3.05) is 56.0 Å². The topological polar surface area (TPSA) is 160 Å². The van der Waals surface area contributed by atoms with Crippen LogP contribution in [0.4, 0.5) is 20.3 Å². The molecule has 0 bridgehead atoms. The first-order chi connectivity index (χ1) is 29.8. The molecule has 3 saturated heterocycles. The van der Waals surface area contributed by atoms with Crippen molar-refractivity contribution in [1.29, 1.82) is 0 Å². The number of amides is 3. The van der Waals surface area contributed by atoms with Gasteiger partial charge in [-0.1, -0.05) is 17.9 Å². The number of nitrogens with zero attached hydrogens (tertiary/aromatic N) is 10. The van der Waals surface area contributed by atoms with E-state index in [1.807, 2.05) is 24.3 Å². The van der Waals surface area contributed by atoms with Gasteiger partial charge in [-0.15, -0.1) is 0 Å². The van der Waals surface area contributed by atoms with E-state index in [0.29, 0.717) is 34.7 Å². The zero-order valence-electron chi connectivity index (χ0n) is 35.3. The number of fused-ring (bicyclic) bond motifs is 2. The fourth-order valence-electron chi connectivity index (χ4n) is 9.84. The van der Waals surface area contributed by atoms with Gasteiger partial charge < -0.3 is 15.1 Å². The summed E-state index contributed by atoms with van der Waals surface area (Å²) in [5, 5.41) is 13.6. The minimum Gasteiger partial charge on any atom is -0.351 e. The van der Waals surface area contributed by atoms with E-state index < -0.39 is 30.0 Å². The molecule has 9 rings (SSSR count). The van der Waals surface area contributed by atoms with E-state index in [-0.39, 0.29) is 47.3 Å². The number of piperidine rings is 1. The highest BCUT2D eigenvalue weighted by molar-refractivity contribution is 6.08. The maximum atomic E-state index is 14.3. The van der Waals surface area contributed by atoms with Crippen molar-refractivity contribution in [3.63, 3.8) is 0 Å². The Labute approximate surface area is 357 Å². The second kappa shape index (κ2) is 16.7. The molecule has 1 saturated carbocycles. The van der Waals surface area contributed by atoms with Gasteiger partial charge in [-0.05, 0) is 82.9 Å². The molecule has 4 aromatic heterocycles. The Morgan fingerprint density at radius 2 is 1.79 bits per heavy atom. The number of imidazole rings is 1. The van der Waals surface area contributed by atoms with Crippen molar-refractivity contribution in [2.24, 2.45) is 13.0 Å². The summed E-state index contributed by atoms with van der Waals surface area (Å²) in [5.41, 5.74) is 1.72. The third kappa shape index (κ3) is 7.99. The lowest BCUT2D eigenvalue weighted by Gasteiger charge is -2.37. The smallest absolute Gasteiger partial charge is 0.329 e. The summed E-state index contributed by atoms with van der Waals surface area (Å²) in [6.45, 7) is 10.3. The summed E-state index contributed by atoms with van der Waals surface area (Å²) in [4.78, 5) is 63.0. The van der Waals surface area contributed by atoms with Crippen LogP contribution in [0, 0.1) is 17.8 Å². The van der Waals surface area contributed by atoms with E-state index in [0.717, 1.165) is 83.6 Å². The lowest BCUT2D eigenvalue weighted by molar-refractivity contribution is -0.135. The van der Waals surface area contributed by atoms with E-state index >= 15 is 0 Å². The van der Waals surface area contributed by atoms with E-state index in [1.54, 1.807) is 24.1 Å². The SMILES string of the molecule is Cn1c(=O)n(C2CCC(=O)NC2=O)c2cccc(C#CCN3CCN(C[C@H]4CC[C@H](n5cc(NC(=O)c6cnn7ccc(N8CCCC8(C)C)nc67)c(C(F)F)n5)CC4)CC3)c21. The van der Waals surface area contributed by atoms with E-state index in [4.69, 9.17) is 4.98 Å². The van der Waals surface area contributed by atoms with Gasteiger partial charge in [-0.25, -0.2) is 23.1 Å². The summed E-state index contributed by atoms with van der Waals surface area (Å²) in [5.74, 6) is 6.45. The van der Waals surface area contributed by atoms with Crippen molar-refractivity contribution in [3.05, 3.63) is 70.2 Å². The molecule has 3 amide bonds. The third-order valence-electron chi connectivity index (χ3n) is 13.3. The number of para-hydroxylation sites is 1. The van der Waals surface area contributed by atoms with Crippen molar-refractivity contribution >= 4 is 45.9 Å². The van der Waals surface area contributed by atoms with Gasteiger partial charge in [0.1, 0.15) is 17.4 Å². The molecule has 4 aliphatic rings. The fraction of sp³-hybridized carbons (Fsp3) is 0.523. The fourth-order valence-corrected chi connectivity index (χ4v) is 9.84. The minimum absolute atomic E-state index is 0.00240. The molecule has 0 radical (unpaired) electrons. The number of benzene rings is 1. The number of carbonyl (C=O) groups is 3. The number of alkyl halides is 2. The van der Waals surface area contributed by atoms with Gasteiger partial charge in [0.25, 0.3) is 12.3 Å². The molecule has 7 heterocycles. The van der Waals surface area contributed by atoms with Gasteiger partial charge in [0, 0.05) is 70.7 Å². The van der Waals surface area contributed by atoms with Crippen LogP contribution in [0.3, 0.4) is 0 Å². The molecule has 1 aliphatic carbocycles. The largest absolute Gasteiger partial charge is 0.351 e. The molecule has 18 heteroatoms. The number of halogens is 2. The van der Waals surface area contributed by atoms with Gasteiger partial charge in [-0.2, -0.15) is 10.2 Å². The van der Waals surface area contributed by atoms with Gasteiger partial charge in [0.2, 0.25) is 11.8 Å². The van der Waals surface area contributed by atoms with Crippen LogP contribution in [-0.2, 0) is 16.6 Å². The summed E-state index contributed by atoms with van der Waals surface area (Å²) in [6.07, 6.45) is 7.92. The first kappa shape index (κ1) is 41.4. The Hall–Kier alpha value is -5.93. The predicted molar refractivity (Wildman–Crippen MR) is 228 cm³/mol. The Balaban J connectivity index is 0.773. The van der Waals surface area contributed by atoms with E-state index in [2.05, 4.69) is 61.2 Å². The van der Waals surface area contributed by atoms with Crippen LogP contribution in [0.5, 0.6) is 0 Å². The first-order valence-corrected chi connectivity index (χ1v) is 21.6. The zero-order chi connectivity index (χ0) is 43.3. The minimum atomic E-state index is -2.86. The number of nitrogens with one attached hydrogen (secondary N) is 2. The number of anilines is 2. The van der Waals surface area contributed by atoms with Crippen LogP contribution >= 0.6 is 0 Å². The van der Waals surface area contributed by atoms with Crippen LogP contribution in [-0.4, -0.2) is 112 Å². The molecule has 0 spiro atoms. The van der Waals surface area contributed by atoms with Crippen molar-refractivity contribution < 1.29 is 23.2 Å².